The van der Waals surface area contributed by atoms with E-state index in [1.54, 1.807) is 0 Å². The van der Waals surface area contributed by atoms with Gasteiger partial charge in [-0.3, -0.25) is 0 Å². The van der Waals surface area contributed by atoms with Gasteiger partial charge in [-0.2, -0.15) is 4.98 Å². The van der Waals surface area contributed by atoms with Crippen molar-refractivity contribution in [2.45, 2.75) is 13.3 Å². The van der Waals surface area contributed by atoms with Gasteiger partial charge in [0.2, 0.25) is 11.8 Å². The number of fused-ring (bicyclic) bond motifs is 1. The average Bonchev–Trinajstić information content (AvgIpc) is 2.95. The van der Waals surface area contributed by atoms with Gasteiger partial charge >= 0.3 is 0 Å². The number of nitrogens with zero attached hydrogens (tertiary/aromatic N) is 2. The van der Waals surface area contributed by atoms with E-state index in [1.807, 2.05) is 35.7 Å². The van der Waals surface area contributed by atoms with Gasteiger partial charge in [0.05, 0.1) is 12.0 Å². The Labute approximate surface area is 126 Å². The molecule has 0 fully saturated rings. The summed E-state index contributed by atoms with van der Waals surface area (Å²) < 4.78 is 11.3. The van der Waals surface area contributed by atoms with Crippen molar-refractivity contribution >= 4 is 27.5 Å². The lowest BCUT2D eigenvalue weighted by Gasteiger charge is -2.08. The van der Waals surface area contributed by atoms with Crippen LogP contribution in [0, 0.1) is 0 Å². The molecule has 5 nitrogen and oxygen atoms in total. The van der Waals surface area contributed by atoms with Crippen LogP contribution < -0.4 is 15.2 Å². The molecule has 2 N–H and O–H groups in total. The highest BCUT2D eigenvalue weighted by molar-refractivity contribution is 7.16. The van der Waals surface area contributed by atoms with Crippen LogP contribution in [0.1, 0.15) is 13.3 Å². The summed E-state index contributed by atoms with van der Waals surface area (Å²) in [5.41, 5.74) is 5.70. The second kappa shape index (κ2) is 5.97. The van der Waals surface area contributed by atoms with Crippen molar-refractivity contribution in [3.63, 3.8) is 0 Å². The zero-order chi connectivity index (χ0) is 14.7. The maximum atomic E-state index is 5.81. The minimum absolute atomic E-state index is 0.211. The molecule has 0 amide bonds. The number of benzene rings is 1. The quantitative estimate of drug-likeness (QED) is 0.775. The minimum atomic E-state index is 0.211. The number of ether oxygens (including phenoxy) is 2. The van der Waals surface area contributed by atoms with Gasteiger partial charge in [0.1, 0.15) is 16.3 Å². The van der Waals surface area contributed by atoms with Crippen LogP contribution in [-0.2, 0) is 0 Å². The van der Waals surface area contributed by atoms with Crippen molar-refractivity contribution in [3.8, 4) is 17.4 Å². The van der Waals surface area contributed by atoms with E-state index in [0.29, 0.717) is 18.2 Å². The van der Waals surface area contributed by atoms with Crippen molar-refractivity contribution in [2.24, 2.45) is 0 Å². The summed E-state index contributed by atoms with van der Waals surface area (Å²) in [5, 5.41) is 2.80. The lowest BCUT2D eigenvalue weighted by Crippen LogP contribution is -1.97. The summed E-state index contributed by atoms with van der Waals surface area (Å²) in [6.07, 6.45) is 0.981. The van der Waals surface area contributed by atoms with Crippen LogP contribution in [0.2, 0.25) is 0 Å². The van der Waals surface area contributed by atoms with Gasteiger partial charge < -0.3 is 15.2 Å². The maximum absolute atomic E-state index is 5.81. The normalized spacial score (nSPS) is 10.7. The molecule has 0 radical (unpaired) electrons. The fraction of sp³-hybridized carbons (Fsp3) is 0.200. The molecular weight excluding hydrogens is 286 g/mol. The van der Waals surface area contributed by atoms with Crippen LogP contribution in [0.25, 0.3) is 10.2 Å². The molecular formula is C15H15N3O2S. The number of nitrogens with two attached hydrogens (primary N) is 1. The molecule has 3 rings (SSSR count). The predicted octanol–water partition coefficient (Wildman–Crippen LogP) is 3.85. The molecule has 0 aliphatic rings. The number of aromatic nitrogens is 2. The first-order valence-corrected chi connectivity index (χ1v) is 7.55. The molecule has 2 aromatic heterocycles. The van der Waals surface area contributed by atoms with Gasteiger partial charge in [-0.1, -0.05) is 6.92 Å². The number of nitrogen functional groups attached to an aromatic ring is 1. The van der Waals surface area contributed by atoms with E-state index in [-0.39, 0.29) is 5.95 Å². The Hall–Kier alpha value is -2.34. The molecule has 0 atom stereocenters. The molecule has 21 heavy (non-hydrogen) atoms. The maximum Gasteiger partial charge on any atom is 0.232 e. The lowest BCUT2D eigenvalue weighted by atomic mass is 10.3. The van der Waals surface area contributed by atoms with Gasteiger partial charge in [-0.25, -0.2) is 4.98 Å². The van der Waals surface area contributed by atoms with E-state index in [1.165, 1.54) is 11.3 Å². The Balaban J connectivity index is 1.83. The summed E-state index contributed by atoms with van der Waals surface area (Å²) in [7, 11) is 0. The topological polar surface area (TPSA) is 70.3 Å². The van der Waals surface area contributed by atoms with Gasteiger partial charge in [0.25, 0.3) is 0 Å². The van der Waals surface area contributed by atoms with E-state index in [0.717, 1.165) is 22.4 Å². The average molecular weight is 301 g/mol. The molecule has 0 aliphatic heterocycles. The third kappa shape index (κ3) is 3.05. The Morgan fingerprint density at radius 1 is 1.10 bits per heavy atom. The van der Waals surface area contributed by atoms with Crippen LogP contribution in [0.3, 0.4) is 0 Å². The van der Waals surface area contributed by atoms with Gasteiger partial charge in [-0.05, 0) is 42.1 Å². The molecule has 0 bridgehead atoms. The predicted molar refractivity (Wildman–Crippen MR) is 84.1 cm³/mol. The highest BCUT2D eigenvalue weighted by Crippen LogP contribution is 2.31. The molecule has 1 aromatic carbocycles. The van der Waals surface area contributed by atoms with Crippen molar-refractivity contribution in [2.75, 3.05) is 12.3 Å². The largest absolute Gasteiger partial charge is 0.494 e. The van der Waals surface area contributed by atoms with Crippen molar-refractivity contribution in [1.29, 1.82) is 0 Å². The fourth-order valence-electron chi connectivity index (χ4n) is 1.86. The highest BCUT2D eigenvalue weighted by Gasteiger charge is 2.09. The van der Waals surface area contributed by atoms with Crippen LogP contribution >= 0.6 is 11.3 Å². The number of hydrogen-bond acceptors (Lipinski definition) is 6. The fourth-order valence-corrected chi connectivity index (χ4v) is 2.62. The third-order valence-electron chi connectivity index (χ3n) is 2.82. The van der Waals surface area contributed by atoms with Crippen LogP contribution in [0.15, 0.2) is 35.7 Å². The summed E-state index contributed by atoms with van der Waals surface area (Å²) in [4.78, 5) is 9.15. The van der Waals surface area contributed by atoms with E-state index < -0.39 is 0 Å². The van der Waals surface area contributed by atoms with E-state index in [4.69, 9.17) is 15.2 Å². The molecule has 2 heterocycles. The second-order valence-corrected chi connectivity index (χ2v) is 5.34. The summed E-state index contributed by atoms with van der Waals surface area (Å²) in [6, 6.07) is 9.37. The first-order valence-electron chi connectivity index (χ1n) is 6.67. The molecule has 0 spiro atoms. The van der Waals surface area contributed by atoms with Crippen LogP contribution in [0.4, 0.5) is 5.95 Å². The monoisotopic (exact) mass is 301 g/mol. The Morgan fingerprint density at radius 2 is 1.86 bits per heavy atom. The second-order valence-electron chi connectivity index (χ2n) is 4.45. The number of thiophene rings is 1. The molecule has 0 saturated heterocycles. The summed E-state index contributed by atoms with van der Waals surface area (Å²) in [6.45, 7) is 2.78. The number of anilines is 1. The van der Waals surface area contributed by atoms with Gasteiger partial charge in [-0.15, -0.1) is 11.3 Å². The van der Waals surface area contributed by atoms with Crippen LogP contribution in [-0.4, -0.2) is 16.6 Å². The molecule has 0 saturated carbocycles. The first kappa shape index (κ1) is 13.6. The third-order valence-corrected chi connectivity index (χ3v) is 3.63. The summed E-state index contributed by atoms with van der Waals surface area (Å²) >= 11 is 1.51. The Morgan fingerprint density at radius 3 is 2.62 bits per heavy atom. The SMILES string of the molecule is CCCOc1ccc(Oc2nc(N)nc3sccc23)cc1. The summed E-state index contributed by atoms with van der Waals surface area (Å²) in [5.74, 6) is 2.19. The zero-order valence-electron chi connectivity index (χ0n) is 11.6. The smallest absolute Gasteiger partial charge is 0.232 e. The Kier molecular flexibility index (Phi) is 3.87. The first-order chi connectivity index (χ1) is 10.3. The van der Waals surface area contributed by atoms with Gasteiger partial charge in [0, 0.05) is 0 Å². The van der Waals surface area contributed by atoms with Crippen molar-refractivity contribution < 1.29 is 9.47 Å². The molecule has 108 valence electrons. The van der Waals surface area contributed by atoms with Crippen LogP contribution in [0.5, 0.6) is 17.4 Å². The van der Waals surface area contributed by atoms with Crippen molar-refractivity contribution in [1.82, 2.24) is 9.97 Å². The molecule has 6 heteroatoms. The standard InChI is InChI=1S/C15H15N3O2S/c1-2-8-19-10-3-5-11(6-4-10)20-13-12-7-9-21-14(12)18-15(16)17-13/h3-7,9H,2,8H2,1H3,(H2,16,17,18). The van der Waals surface area contributed by atoms with E-state index in [2.05, 4.69) is 16.9 Å². The molecule has 0 aliphatic carbocycles. The Bertz CT molecular complexity index is 740. The van der Waals surface area contributed by atoms with Gasteiger partial charge in [0.15, 0.2) is 0 Å². The number of hydrogen-bond donors (Lipinski definition) is 1. The van der Waals surface area contributed by atoms with E-state index >= 15 is 0 Å². The number of rotatable bonds is 5. The molecule has 3 aromatic rings. The molecule has 0 unspecified atom stereocenters. The minimum Gasteiger partial charge on any atom is -0.494 e. The lowest BCUT2D eigenvalue weighted by molar-refractivity contribution is 0.317. The van der Waals surface area contributed by atoms with Crippen molar-refractivity contribution in [3.05, 3.63) is 35.7 Å². The van der Waals surface area contributed by atoms with E-state index in [9.17, 15) is 0 Å². The zero-order valence-corrected chi connectivity index (χ0v) is 12.4. The highest BCUT2D eigenvalue weighted by atomic mass is 32.1.